The van der Waals surface area contributed by atoms with Crippen LogP contribution in [0.4, 0.5) is 18.9 Å². The van der Waals surface area contributed by atoms with Gasteiger partial charge in [-0.15, -0.1) is 0 Å². The SMILES string of the molecule is CC(C(=O)NC1CCCCC1)N(Cc1ccc(Cl)cc1Cl)C(=O)CN(c1cc(C(F)(F)F)ccc1Cl)S(C)(=O)=O. The number of hydrogen-bond donors (Lipinski definition) is 1. The Bertz CT molecular complexity index is 1350. The Labute approximate surface area is 246 Å². The highest BCUT2D eigenvalue weighted by Gasteiger charge is 2.35. The van der Waals surface area contributed by atoms with Crippen molar-refractivity contribution < 1.29 is 31.2 Å². The lowest BCUT2D eigenvalue weighted by molar-refractivity contribution is -0.139. The van der Waals surface area contributed by atoms with Gasteiger partial charge in [0, 0.05) is 22.6 Å². The van der Waals surface area contributed by atoms with Gasteiger partial charge < -0.3 is 10.2 Å². The van der Waals surface area contributed by atoms with E-state index in [0.29, 0.717) is 27.0 Å². The number of hydrogen-bond acceptors (Lipinski definition) is 4. The maximum Gasteiger partial charge on any atom is 0.416 e. The van der Waals surface area contributed by atoms with Gasteiger partial charge in [-0.2, -0.15) is 13.2 Å². The molecule has 220 valence electrons. The lowest BCUT2D eigenvalue weighted by Crippen LogP contribution is -2.53. The molecule has 0 heterocycles. The number of rotatable bonds is 9. The number of carbonyl (C=O) groups excluding carboxylic acids is 2. The van der Waals surface area contributed by atoms with Crippen molar-refractivity contribution in [2.45, 2.75) is 63.8 Å². The van der Waals surface area contributed by atoms with E-state index in [1.54, 1.807) is 12.1 Å². The van der Waals surface area contributed by atoms with Gasteiger partial charge in [-0.1, -0.05) is 60.1 Å². The van der Waals surface area contributed by atoms with E-state index in [4.69, 9.17) is 34.8 Å². The van der Waals surface area contributed by atoms with Crippen LogP contribution in [0.1, 0.15) is 50.2 Å². The van der Waals surface area contributed by atoms with Gasteiger partial charge in [-0.3, -0.25) is 13.9 Å². The first-order valence-electron chi connectivity index (χ1n) is 12.5. The summed E-state index contributed by atoms with van der Waals surface area (Å²) in [6.45, 7) is 0.385. The summed E-state index contributed by atoms with van der Waals surface area (Å²) in [5, 5.41) is 3.20. The third kappa shape index (κ3) is 8.41. The van der Waals surface area contributed by atoms with Crippen molar-refractivity contribution in [2.75, 3.05) is 17.1 Å². The van der Waals surface area contributed by atoms with Crippen molar-refractivity contribution in [1.82, 2.24) is 10.2 Å². The second-order valence-corrected chi connectivity index (χ2v) is 12.9. The van der Waals surface area contributed by atoms with Crippen LogP contribution in [0.5, 0.6) is 0 Å². The Balaban J connectivity index is 1.97. The quantitative estimate of drug-likeness (QED) is 0.348. The zero-order chi connectivity index (χ0) is 29.8. The van der Waals surface area contributed by atoms with Crippen molar-refractivity contribution in [3.63, 3.8) is 0 Å². The highest BCUT2D eigenvalue weighted by atomic mass is 35.5. The molecule has 0 radical (unpaired) electrons. The molecule has 0 aliphatic heterocycles. The minimum atomic E-state index is -4.78. The Kier molecular flexibility index (Phi) is 10.6. The van der Waals surface area contributed by atoms with Crippen LogP contribution >= 0.6 is 34.8 Å². The van der Waals surface area contributed by atoms with Gasteiger partial charge in [-0.05, 0) is 55.7 Å². The van der Waals surface area contributed by atoms with E-state index >= 15 is 0 Å². The summed E-state index contributed by atoms with van der Waals surface area (Å²) in [6, 6.07) is 5.62. The smallest absolute Gasteiger partial charge is 0.352 e. The minimum Gasteiger partial charge on any atom is -0.352 e. The van der Waals surface area contributed by atoms with Crippen LogP contribution in [0.3, 0.4) is 0 Å². The van der Waals surface area contributed by atoms with Gasteiger partial charge in [0.25, 0.3) is 0 Å². The third-order valence-electron chi connectivity index (χ3n) is 6.70. The van der Waals surface area contributed by atoms with Crippen LogP contribution in [0.15, 0.2) is 36.4 Å². The molecule has 1 saturated carbocycles. The monoisotopic (exact) mass is 641 g/mol. The van der Waals surface area contributed by atoms with Gasteiger partial charge in [0.05, 0.1) is 22.5 Å². The molecule has 2 aromatic carbocycles. The van der Waals surface area contributed by atoms with E-state index in [1.807, 2.05) is 0 Å². The summed E-state index contributed by atoms with van der Waals surface area (Å²) < 4.78 is 66.1. The molecule has 0 bridgehead atoms. The molecule has 0 aromatic heterocycles. The van der Waals surface area contributed by atoms with Crippen LogP contribution in [-0.4, -0.2) is 50.0 Å². The molecule has 1 aliphatic carbocycles. The van der Waals surface area contributed by atoms with E-state index in [1.165, 1.54) is 13.0 Å². The second-order valence-electron chi connectivity index (χ2n) is 9.71. The van der Waals surface area contributed by atoms with Crippen LogP contribution < -0.4 is 9.62 Å². The van der Waals surface area contributed by atoms with Gasteiger partial charge in [-0.25, -0.2) is 8.42 Å². The fourth-order valence-corrected chi connectivity index (χ4v) is 6.05. The highest BCUT2D eigenvalue weighted by molar-refractivity contribution is 7.92. The molecule has 1 fully saturated rings. The third-order valence-corrected chi connectivity index (χ3v) is 8.73. The summed E-state index contributed by atoms with van der Waals surface area (Å²) in [4.78, 5) is 28.0. The zero-order valence-electron chi connectivity index (χ0n) is 21.8. The van der Waals surface area contributed by atoms with E-state index in [9.17, 15) is 31.2 Å². The normalized spacial score (nSPS) is 15.4. The Morgan fingerprint density at radius 3 is 2.25 bits per heavy atom. The molecule has 0 saturated heterocycles. The van der Waals surface area contributed by atoms with Crippen LogP contribution in [-0.2, 0) is 32.3 Å². The van der Waals surface area contributed by atoms with E-state index in [-0.39, 0.29) is 22.6 Å². The van der Waals surface area contributed by atoms with Crippen molar-refractivity contribution in [2.24, 2.45) is 0 Å². The van der Waals surface area contributed by atoms with E-state index in [2.05, 4.69) is 5.32 Å². The standard InChI is InChI=1S/C26H29Cl3F3N3O4S/c1-16(25(37)33-20-6-4-3-5-7-20)34(14-17-8-10-19(27)13-22(17)29)24(36)15-35(40(2,38)39)23-12-18(26(30,31)32)9-11-21(23)28/h8-13,16,20H,3-7,14-15H2,1-2H3,(H,33,37). The largest absolute Gasteiger partial charge is 0.416 e. The van der Waals surface area contributed by atoms with Crippen molar-refractivity contribution in [3.05, 3.63) is 62.6 Å². The molecule has 0 spiro atoms. The molecule has 1 N–H and O–H groups in total. The van der Waals surface area contributed by atoms with Gasteiger partial charge in [0.15, 0.2) is 0 Å². The van der Waals surface area contributed by atoms with Gasteiger partial charge >= 0.3 is 6.18 Å². The molecule has 14 heteroatoms. The summed E-state index contributed by atoms with van der Waals surface area (Å²) in [5.74, 6) is -1.30. The first-order valence-corrected chi connectivity index (χ1v) is 15.4. The van der Waals surface area contributed by atoms with Crippen molar-refractivity contribution in [1.29, 1.82) is 0 Å². The average molecular weight is 643 g/mol. The Hall–Kier alpha value is -2.21. The first-order chi connectivity index (χ1) is 18.6. The fraction of sp³-hybridized carbons (Fsp3) is 0.462. The molecule has 1 atom stereocenters. The number of sulfonamides is 1. The summed E-state index contributed by atoms with van der Waals surface area (Å²) in [5.41, 5.74) is -1.23. The van der Waals surface area contributed by atoms with Gasteiger partial charge in [0.1, 0.15) is 12.6 Å². The van der Waals surface area contributed by atoms with Gasteiger partial charge in [0.2, 0.25) is 21.8 Å². The molecule has 7 nitrogen and oxygen atoms in total. The van der Waals surface area contributed by atoms with Crippen molar-refractivity contribution in [3.8, 4) is 0 Å². The number of amides is 2. The topological polar surface area (TPSA) is 86.8 Å². The maximum absolute atomic E-state index is 13.7. The van der Waals surface area contributed by atoms with E-state index in [0.717, 1.165) is 49.3 Å². The lowest BCUT2D eigenvalue weighted by Gasteiger charge is -2.33. The number of carbonyl (C=O) groups is 2. The van der Waals surface area contributed by atoms with Crippen LogP contribution in [0.2, 0.25) is 15.1 Å². The molecular weight excluding hydrogens is 614 g/mol. The number of nitrogens with one attached hydrogen (secondary N) is 1. The molecule has 40 heavy (non-hydrogen) atoms. The Morgan fingerprint density at radius 2 is 1.68 bits per heavy atom. The molecule has 3 rings (SSSR count). The second kappa shape index (κ2) is 13.2. The number of nitrogens with zero attached hydrogens (tertiary/aromatic N) is 2. The molecule has 1 unspecified atom stereocenters. The molecule has 2 amide bonds. The fourth-order valence-electron chi connectivity index (χ4n) is 4.46. The average Bonchev–Trinajstić information content (AvgIpc) is 2.86. The summed E-state index contributed by atoms with van der Waals surface area (Å²) in [6.07, 6.45) is 0.552. The highest BCUT2D eigenvalue weighted by Crippen LogP contribution is 2.36. The predicted octanol–water partition coefficient (Wildman–Crippen LogP) is 6.30. The summed E-state index contributed by atoms with van der Waals surface area (Å²) in [7, 11) is -4.30. The predicted molar refractivity (Wildman–Crippen MR) is 150 cm³/mol. The minimum absolute atomic E-state index is 0.0591. The zero-order valence-corrected chi connectivity index (χ0v) is 24.9. The van der Waals surface area contributed by atoms with Crippen LogP contribution in [0, 0.1) is 0 Å². The number of alkyl halides is 3. The van der Waals surface area contributed by atoms with Crippen molar-refractivity contribution >= 4 is 62.3 Å². The number of halogens is 6. The summed E-state index contributed by atoms with van der Waals surface area (Å²) >= 11 is 18.4. The van der Waals surface area contributed by atoms with Crippen LogP contribution in [0.25, 0.3) is 0 Å². The molecular formula is C26H29Cl3F3N3O4S. The van der Waals surface area contributed by atoms with E-state index < -0.39 is 51.9 Å². The molecule has 2 aromatic rings. The molecule has 1 aliphatic rings. The number of anilines is 1. The lowest BCUT2D eigenvalue weighted by atomic mass is 9.95. The number of benzene rings is 2. The first kappa shape index (κ1) is 32.3. The Morgan fingerprint density at radius 1 is 1.02 bits per heavy atom. The maximum atomic E-state index is 13.7.